The highest BCUT2D eigenvalue weighted by atomic mass is 32.1. The molecule has 1 amide bonds. The van der Waals surface area contributed by atoms with Crippen LogP contribution in [0.3, 0.4) is 0 Å². The average molecular weight is 522 g/mol. The first-order valence-corrected chi connectivity index (χ1v) is 13.0. The standard InChI is InChI=1S/C29H23N5O3S/c1-18-24(14-20(15-30)28(35)32-29-25(16-31)23-7-3-5-9-27(23)38-29)22-6-2-4-8-26(22)33(18)17-19-10-12-21(13-11-19)34(36)37/h2,4,6,8,10-14H,3,5,7,9,17H2,1H3,(H,32,35)/b20-14+. The van der Waals surface area contributed by atoms with Crippen LogP contribution in [-0.4, -0.2) is 15.4 Å². The Labute approximate surface area is 223 Å². The van der Waals surface area contributed by atoms with Crippen molar-refractivity contribution in [2.24, 2.45) is 0 Å². The SMILES string of the molecule is Cc1c(/C=C(\C#N)C(=O)Nc2sc3c(c2C#N)CCCC3)c2ccccc2n1Cc1ccc([N+](=O)[O-])cc1. The van der Waals surface area contributed by atoms with Crippen molar-refractivity contribution in [3.8, 4) is 12.1 Å². The Balaban J connectivity index is 1.49. The summed E-state index contributed by atoms with van der Waals surface area (Å²) in [6.45, 7) is 2.39. The van der Waals surface area contributed by atoms with Crippen LogP contribution < -0.4 is 5.32 Å². The van der Waals surface area contributed by atoms with Gasteiger partial charge < -0.3 is 9.88 Å². The number of aryl methyl sites for hydroxylation is 1. The lowest BCUT2D eigenvalue weighted by molar-refractivity contribution is -0.384. The maximum Gasteiger partial charge on any atom is 0.269 e. The minimum Gasteiger partial charge on any atom is -0.340 e. The van der Waals surface area contributed by atoms with Crippen molar-refractivity contribution in [3.05, 3.63) is 97.0 Å². The van der Waals surface area contributed by atoms with E-state index >= 15 is 0 Å². The highest BCUT2D eigenvalue weighted by Crippen LogP contribution is 2.38. The fourth-order valence-electron chi connectivity index (χ4n) is 4.98. The van der Waals surface area contributed by atoms with E-state index in [2.05, 4.69) is 16.0 Å². The van der Waals surface area contributed by atoms with Crippen molar-refractivity contribution in [1.82, 2.24) is 4.57 Å². The molecule has 0 spiro atoms. The van der Waals surface area contributed by atoms with Crippen molar-refractivity contribution in [2.45, 2.75) is 39.2 Å². The van der Waals surface area contributed by atoms with Gasteiger partial charge in [0.15, 0.2) is 0 Å². The largest absolute Gasteiger partial charge is 0.340 e. The Kier molecular flexibility index (Phi) is 6.78. The number of thiophene rings is 1. The Morgan fingerprint density at radius 3 is 2.61 bits per heavy atom. The van der Waals surface area contributed by atoms with E-state index < -0.39 is 10.8 Å². The Morgan fingerprint density at radius 1 is 1.16 bits per heavy atom. The summed E-state index contributed by atoms with van der Waals surface area (Å²) in [4.78, 5) is 24.9. The number of nitriles is 2. The molecule has 5 rings (SSSR count). The maximum atomic E-state index is 13.2. The number of nitrogens with one attached hydrogen (secondary N) is 1. The summed E-state index contributed by atoms with van der Waals surface area (Å²) in [6, 6.07) is 18.4. The molecule has 0 bridgehead atoms. The van der Waals surface area contributed by atoms with E-state index in [4.69, 9.17) is 0 Å². The summed E-state index contributed by atoms with van der Waals surface area (Å²) < 4.78 is 2.07. The molecule has 0 fully saturated rings. The fourth-order valence-corrected chi connectivity index (χ4v) is 6.22. The molecular weight excluding hydrogens is 498 g/mol. The quantitative estimate of drug-likeness (QED) is 0.139. The van der Waals surface area contributed by atoms with Crippen LogP contribution in [0, 0.1) is 39.7 Å². The molecule has 9 heteroatoms. The van der Waals surface area contributed by atoms with Gasteiger partial charge in [-0.05, 0) is 55.9 Å². The third kappa shape index (κ3) is 4.56. The molecule has 4 aromatic rings. The van der Waals surface area contributed by atoms with Crippen LogP contribution in [0.15, 0.2) is 54.1 Å². The Hall–Kier alpha value is -4.73. The number of carbonyl (C=O) groups excluding carboxylic acids is 1. The van der Waals surface area contributed by atoms with Crippen LogP contribution in [0.25, 0.3) is 17.0 Å². The van der Waals surface area contributed by atoms with Gasteiger partial charge in [0.05, 0.1) is 10.5 Å². The number of hydrogen-bond acceptors (Lipinski definition) is 6. The second-order valence-electron chi connectivity index (χ2n) is 9.18. The van der Waals surface area contributed by atoms with Gasteiger partial charge in [-0.3, -0.25) is 14.9 Å². The first-order chi connectivity index (χ1) is 18.4. The summed E-state index contributed by atoms with van der Waals surface area (Å²) in [5.74, 6) is -0.547. The van der Waals surface area contributed by atoms with Gasteiger partial charge in [-0.15, -0.1) is 11.3 Å². The molecule has 0 saturated carbocycles. The fraction of sp³-hybridized carbons (Fsp3) is 0.207. The second-order valence-corrected chi connectivity index (χ2v) is 10.3. The minimum atomic E-state index is -0.547. The molecule has 1 aliphatic rings. The number of rotatable bonds is 6. The van der Waals surface area contributed by atoms with E-state index in [-0.39, 0.29) is 11.3 Å². The number of carbonyl (C=O) groups is 1. The number of nitrogens with zero attached hydrogens (tertiary/aromatic N) is 4. The highest BCUT2D eigenvalue weighted by Gasteiger charge is 2.23. The number of fused-ring (bicyclic) bond motifs is 2. The van der Waals surface area contributed by atoms with E-state index in [1.165, 1.54) is 23.5 Å². The first kappa shape index (κ1) is 24.9. The van der Waals surface area contributed by atoms with Gasteiger partial charge in [0.1, 0.15) is 22.7 Å². The van der Waals surface area contributed by atoms with E-state index in [9.17, 15) is 25.4 Å². The molecule has 0 unspecified atom stereocenters. The molecule has 0 aliphatic heterocycles. The smallest absolute Gasteiger partial charge is 0.269 e. The van der Waals surface area contributed by atoms with Gasteiger partial charge in [-0.2, -0.15) is 10.5 Å². The monoisotopic (exact) mass is 521 g/mol. The molecule has 0 radical (unpaired) electrons. The Morgan fingerprint density at radius 2 is 1.89 bits per heavy atom. The number of benzene rings is 2. The summed E-state index contributed by atoms with van der Waals surface area (Å²) in [5, 5.41) is 34.8. The zero-order valence-corrected chi connectivity index (χ0v) is 21.5. The van der Waals surface area contributed by atoms with E-state index in [1.807, 2.05) is 37.3 Å². The van der Waals surface area contributed by atoms with E-state index in [0.29, 0.717) is 17.1 Å². The summed E-state index contributed by atoms with van der Waals surface area (Å²) in [5.41, 5.74) is 4.92. The summed E-state index contributed by atoms with van der Waals surface area (Å²) in [7, 11) is 0. The molecular formula is C29H23N5O3S. The van der Waals surface area contributed by atoms with Crippen molar-refractivity contribution in [2.75, 3.05) is 5.32 Å². The Bertz CT molecular complexity index is 1700. The van der Waals surface area contributed by atoms with Gasteiger partial charge in [-0.1, -0.05) is 30.3 Å². The number of amides is 1. The van der Waals surface area contributed by atoms with Gasteiger partial charge in [0, 0.05) is 45.7 Å². The van der Waals surface area contributed by atoms with Gasteiger partial charge in [-0.25, -0.2) is 0 Å². The number of anilines is 1. The highest BCUT2D eigenvalue weighted by molar-refractivity contribution is 7.16. The third-order valence-electron chi connectivity index (χ3n) is 6.93. The maximum absolute atomic E-state index is 13.2. The molecule has 0 atom stereocenters. The predicted molar refractivity (Wildman–Crippen MR) is 147 cm³/mol. The topological polar surface area (TPSA) is 125 Å². The lowest BCUT2D eigenvalue weighted by atomic mass is 9.96. The summed E-state index contributed by atoms with van der Waals surface area (Å²) >= 11 is 1.43. The van der Waals surface area contributed by atoms with Crippen LogP contribution >= 0.6 is 11.3 Å². The van der Waals surface area contributed by atoms with Gasteiger partial charge >= 0.3 is 0 Å². The van der Waals surface area contributed by atoms with Crippen LogP contribution in [0.2, 0.25) is 0 Å². The number of nitro groups is 1. The van der Waals surface area contributed by atoms with Gasteiger partial charge in [0.25, 0.3) is 11.6 Å². The molecule has 38 heavy (non-hydrogen) atoms. The lowest BCUT2D eigenvalue weighted by Gasteiger charge is -2.09. The van der Waals surface area contributed by atoms with Crippen molar-refractivity contribution < 1.29 is 9.72 Å². The number of hydrogen-bond donors (Lipinski definition) is 1. The normalized spacial score (nSPS) is 13.0. The molecule has 2 heterocycles. The molecule has 2 aromatic carbocycles. The second kappa shape index (κ2) is 10.3. The van der Waals surface area contributed by atoms with Crippen LogP contribution in [0.5, 0.6) is 0 Å². The molecule has 8 nitrogen and oxygen atoms in total. The van der Waals surface area contributed by atoms with Crippen LogP contribution in [-0.2, 0) is 24.2 Å². The van der Waals surface area contributed by atoms with Crippen molar-refractivity contribution in [3.63, 3.8) is 0 Å². The van der Waals surface area contributed by atoms with Gasteiger partial charge in [0.2, 0.25) is 0 Å². The number of non-ortho nitro benzene ring substituents is 1. The molecule has 0 saturated heterocycles. The van der Waals surface area contributed by atoms with Crippen LogP contribution in [0.4, 0.5) is 10.7 Å². The molecule has 1 N–H and O–H groups in total. The predicted octanol–water partition coefficient (Wildman–Crippen LogP) is 6.26. The third-order valence-corrected chi connectivity index (χ3v) is 8.14. The summed E-state index contributed by atoms with van der Waals surface area (Å²) in [6.07, 6.45) is 5.42. The number of para-hydroxylation sites is 1. The van der Waals surface area contributed by atoms with E-state index in [0.717, 1.165) is 63.8 Å². The molecule has 2 aromatic heterocycles. The number of aromatic nitrogens is 1. The zero-order chi connectivity index (χ0) is 26.8. The number of nitro benzene ring substituents is 1. The lowest BCUT2D eigenvalue weighted by Crippen LogP contribution is -2.13. The van der Waals surface area contributed by atoms with Crippen molar-refractivity contribution in [1.29, 1.82) is 10.5 Å². The zero-order valence-electron chi connectivity index (χ0n) is 20.7. The molecule has 1 aliphatic carbocycles. The molecule has 188 valence electrons. The van der Waals surface area contributed by atoms with Crippen LogP contribution in [0.1, 0.15) is 45.7 Å². The van der Waals surface area contributed by atoms with Crippen molar-refractivity contribution >= 4 is 44.9 Å². The minimum absolute atomic E-state index is 0.0299. The van der Waals surface area contributed by atoms with E-state index in [1.54, 1.807) is 18.2 Å². The average Bonchev–Trinajstić information content (AvgIpc) is 3.41. The first-order valence-electron chi connectivity index (χ1n) is 12.2.